The van der Waals surface area contributed by atoms with Gasteiger partial charge < -0.3 is 9.80 Å². The van der Waals surface area contributed by atoms with E-state index in [-0.39, 0.29) is 0 Å². The monoisotopic (exact) mass is 543 g/mol. The molecule has 0 heterocycles. The van der Waals surface area contributed by atoms with Crippen molar-refractivity contribution < 1.29 is 0 Å². The van der Waals surface area contributed by atoms with E-state index in [9.17, 15) is 0 Å². The first-order valence-corrected chi connectivity index (χ1v) is 15.0. The zero-order valence-corrected chi connectivity index (χ0v) is 27.3. The van der Waals surface area contributed by atoms with Crippen molar-refractivity contribution in [3.05, 3.63) is 18.2 Å². The van der Waals surface area contributed by atoms with E-state index in [1.807, 2.05) is 44.1 Å². The van der Waals surface area contributed by atoms with E-state index >= 15 is 0 Å². The van der Waals surface area contributed by atoms with Gasteiger partial charge in [-0.3, -0.25) is 28.0 Å². The molecule has 1 aromatic rings. The predicted octanol–water partition coefficient (Wildman–Crippen LogP) is 4.32. The largest absolute Gasteiger partial charge is 0.349 e. The highest BCUT2D eigenvalue weighted by Crippen LogP contribution is 2.61. The van der Waals surface area contributed by atoms with Gasteiger partial charge >= 0.3 is 0 Å². The van der Waals surface area contributed by atoms with E-state index in [0.29, 0.717) is 0 Å². The molecule has 0 unspecified atom stereocenters. The standard InChI is InChI=1S/C23H51N11P2/c1-27(2)23(28(3)4)24-20-17-18-21(25-35(29(5)6,30(7)8)31(9)10)22(19-20)26-36(32(11)12,33(13)14)34(15)16/h17-19H,1-16H3. The third-order valence-corrected chi connectivity index (χ3v) is 13.1. The van der Waals surface area contributed by atoms with Crippen LogP contribution < -0.4 is 0 Å². The van der Waals surface area contributed by atoms with Crippen LogP contribution in [0.3, 0.4) is 0 Å². The second-order valence-electron chi connectivity index (χ2n) is 10.2. The summed E-state index contributed by atoms with van der Waals surface area (Å²) < 4.78 is 24.2. The van der Waals surface area contributed by atoms with Gasteiger partial charge in [0.15, 0.2) is 15.0 Å². The summed E-state index contributed by atoms with van der Waals surface area (Å²) in [4.78, 5) is 8.95. The molecule has 36 heavy (non-hydrogen) atoms. The molecule has 0 saturated heterocycles. The highest BCUT2D eigenvalue weighted by molar-refractivity contribution is 7.59. The van der Waals surface area contributed by atoms with Gasteiger partial charge in [-0.15, -0.1) is 0 Å². The molecule has 208 valence electrons. The minimum Gasteiger partial charge on any atom is -0.349 e. The molecular weight excluding hydrogens is 492 g/mol. The zero-order chi connectivity index (χ0) is 28.2. The molecule has 0 fully saturated rings. The van der Waals surface area contributed by atoms with E-state index in [1.54, 1.807) is 0 Å². The van der Waals surface area contributed by atoms with Crippen molar-refractivity contribution in [3.8, 4) is 0 Å². The summed E-state index contributed by atoms with van der Waals surface area (Å²) in [7, 11) is 28.6. The van der Waals surface area contributed by atoms with Crippen LogP contribution in [0.2, 0.25) is 0 Å². The van der Waals surface area contributed by atoms with Gasteiger partial charge in [-0.25, -0.2) is 14.5 Å². The van der Waals surface area contributed by atoms with Gasteiger partial charge in [-0.1, -0.05) is 0 Å². The Hall–Kier alpha value is -1.29. The summed E-state index contributed by atoms with van der Waals surface area (Å²) >= 11 is 0. The van der Waals surface area contributed by atoms with Crippen molar-refractivity contribution in [2.24, 2.45) is 14.5 Å². The molecule has 0 radical (unpaired) electrons. The van der Waals surface area contributed by atoms with Crippen molar-refractivity contribution in [1.29, 1.82) is 0 Å². The van der Waals surface area contributed by atoms with Gasteiger partial charge in [-0.2, -0.15) is 0 Å². The highest BCUT2D eigenvalue weighted by Gasteiger charge is 2.31. The van der Waals surface area contributed by atoms with E-state index < -0.39 is 15.0 Å². The lowest BCUT2D eigenvalue weighted by atomic mass is 10.2. The van der Waals surface area contributed by atoms with Gasteiger partial charge in [0.2, 0.25) is 5.96 Å². The third-order valence-electron chi connectivity index (χ3n) is 5.69. The summed E-state index contributed by atoms with van der Waals surface area (Å²) in [6, 6.07) is 6.15. The zero-order valence-electron chi connectivity index (χ0n) is 25.5. The van der Waals surface area contributed by atoms with Crippen molar-refractivity contribution in [2.75, 3.05) is 113 Å². The van der Waals surface area contributed by atoms with Gasteiger partial charge in [0.25, 0.3) is 0 Å². The van der Waals surface area contributed by atoms with Crippen molar-refractivity contribution in [3.63, 3.8) is 0 Å². The van der Waals surface area contributed by atoms with E-state index in [0.717, 1.165) is 23.0 Å². The van der Waals surface area contributed by atoms with E-state index in [2.05, 4.69) is 125 Å². The molecular formula is C23H51N11P2. The smallest absolute Gasteiger partial charge is 0.200 e. The normalized spacial score (nSPS) is 12.8. The Morgan fingerprint density at radius 3 is 1.14 bits per heavy atom. The van der Waals surface area contributed by atoms with Crippen molar-refractivity contribution in [2.45, 2.75) is 0 Å². The van der Waals surface area contributed by atoms with Crippen LogP contribution in [0.25, 0.3) is 0 Å². The summed E-state index contributed by atoms with van der Waals surface area (Å²) in [5, 5.41) is 0. The summed E-state index contributed by atoms with van der Waals surface area (Å²) in [6.07, 6.45) is 0. The first-order valence-electron chi connectivity index (χ1n) is 11.8. The van der Waals surface area contributed by atoms with E-state index in [4.69, 9.17) is 14.5 Å². The molecule has 0 bridgehead atoms. The highest BCUT2D eigenvalue weighted by atomic mass is 31.2. The first kappa shape index (κ1) is 32.7. The maximum atomic E-state index is 5.47. The van der Waals surface area contributed by atoms with Crippen LogP contribution in [-0.4, -0.2) is 157 Å². The van der Waals surface area contributed by atoms with Crippen LogP contribution in [0.15, 0.2) is 32.7 Å². The number of guanidine groups is 1. The molecule has 0 amide bonds. The Labute approximate surface area is 221 Å². The van der Waals surface area contributed by atoms with Crippen LogP contribution >= 0.6 is 15.0 Å². The Bertz CT molecular complexity index is 942. The van der Waals surface area contributed by atoms with Crippen molar-refractivity contribution >= 4 is 38.0 Å². The Morgan fingerprint density at radius 2 is 0.833 bits per heavy atom. The molecule has 1 aromatic carbocycles. The third kappa shape index (κ3) is 6.77. The topological polar surface area (TPSA) is 63.0 Å². The fourth-order valence-corrected chi connectivity index (χ4v) is 10.7. The number of aliphatic imine (C=N–C) groups is 1. The Balaban J connectivity index is 4.26. The Kier molecular flexibility index (Phi) is 11.8. The van der Waals surface area contributed by atoms with Gasteiger partial charge in [0.1, 0.15) is 0 Å². The van der Waals surface area contributed by atoms with Crippen LogP contribution in [0.4, 0.5) is 17.1 Å². The number of benzene rings is 1. The van der Waals surface area contributed by atoms with E-state index in [1.165, 1.54) is 0 Å². The predicted molar refractivity (Wildman–Crippen MR) is 161 cm³/mol. The lowest BCUT2D eigenvalue weighted by Gasteiger charge is -2.42. The van der Waals surface area contributed by atoms with Crippen LogP contribution in [-0.2, 0) is 0 Å². The molecule has 0 aliphatic heterocycles. The fraction of sp³-hybridized carbons (Fsp3) is 0.696. The molecule has 13 heteroatoms. The summed E-state index contributed by atoms with van der Waals surface area (Å²) in [5.41, 5.74) is 2.51. The summed E-state index contributed by atoms with van der Waals surface area (Å²) in [5.74, 6) is 0.858. The molecule has 11 nitrogen and oxygen atoms in total. The van der Waals surface area contributed by atoms with Crippen LogP contribution in [0.1, 0.15) is 0 Å². The van der Waals surface area contributed by atoms with Crippen molar-refractivity contribution in [1.82, 2.24) is 37.8 Å². The van der Waals surface area contributed by atoms with Gasteiger partial charge in [0.05, 0.1) is 17.1 Å². The molecule has 0 aromatic heterocycles. The molecule has 0 atom stereocenters. The molecule has 0 spiro atoms. The van der Waals surface area contributed by atoms with Gasteiger partial charge in [-0.05, 0) is 103 Å². The Morgan fingerprint density at radius 1 is 0.500 bits per heavy atom. The fourth-order valence-electron chi connectivity index (χ4n) is 4.43. The number of hydrogen-bond acceptors (Lipinski definition) is 3. The number of hydrogen-bond donors (Lipinski definition) is 0. The minimum absolute atomic E-state index is 0.826. The number of rotatable bonds is 9. The maximum absolute atomic E-state index is 5.47. The number of nitrogens with zero attached hydrogens (tertiary/aromatic N) is 11. The summed E-state index contributed by atoms with van der Waals surface area (Å²) in [6.45, 7) is 0. The maximum Gasteiger partial charge on any atom is 0.200 e. The first-order chi connectivity index (χ1) is 16.4. The molecule has 1 rings (SSSR count). The molecule has 0 aliphatic rings. The van der Waals surface area contributed by atoms with Gasteiger partial charge in [0, 0.05) is 28.2 Å². The minimum atomic E-state index is -2.22. The lowest BCUT2D eigenvalue weighted by molar-refractivity contribution is 0.473. The lowest BCUT2D eigenvalue weighted by Crippen LogP contribution is -2.35. The average Bonchev–Trinajstić information content (AvgIpc) is 2.72. The second-order valence-corrected chi connectivity index (χ2v) is 17.6. The van der Waals surface area contributed by atoms with Crippen LogP contribution in [0.5, 0.6) is 0 Å². The van der Waals surface area contributed by atoms with Crippen LogP contribution in [0, 0.1) is 0 Å². The molecule has 0 saturated carbocycles. The quantitative estimate of drug-likeness (QED) is 0.259. The SMILES string of the molecule is CN(C)C(=Nc1ccc(N=P(N(C)C)(N(C)C)N(C)C)c(N=P(N(C)C)(N(C)C)N(C)C)c1)N(C)C. The second kappa shape index (κ2) is 13.0. The molecule has 0 N–H and O–H groups in total. The molecule has 0 aliphatic carbocycles. The average molecular weight is 544 g/mol.